The summed E-state index contributed by atoms with van der Waals surface area (Å²) in [5, 5.41) is 12.4. The normalized spacial score (nSPS) is 15.7. The molecule has 1 aliphatic rings. The lowest BCUT2D eigenvalue weighted by molar-refractivity contribution is 0.0937. The molecule has 2 N–H and O–H groups in total. The Hall–Kier alpha value is -2.41. The van der Waals surface area contributed by atoms with Crippen molar-refractivity contribution in [2.24, 2.45) is 5.92 Å². The van der Waals surface area contributed by atoms with E-state index in [1.165, 1.54) is 6.42 Å². The number of carbonyl (C=O) groups excluding carboxylic acids is 1. The first-order chi connectivity index (χ1) is 12.7. The van der Waals surface area contributed by atoms with E-state index in [1.54, 1.807) is 12.5 Å². The molecule has 7 nitrogen and oxygen atoms in total. The summed E-state index contributed by atoms with van der Waals surface area (Å²) in [6.45, 7) is 4.11. The number of aliphatic hydroxyl groups is 1. The molecule has 0 radical (unpaired) electrons. The highest BCUT2D eigenvalue weighted by Crippen LogP contribution is 2.17. The SMILES string of the molecule is Cc1nc(N2CCCCC2)ncc1C(=O)NC[C@H](CO)Cc1ccco1. The average Bonchev–Trinajstić information content (AvgIpc) is 3.18. The number of aromatic nitrogens is 2. The van der Waals surface area contributed by atoms with Gasteiger partial charge in [-0.25, -0.2) is 9.97 Å². The molecular weight excluding hydrogens is 332 g/mol. The molecule has 0 saturated carbocycles. The largest absolute Gasteiger partial charge is 0.469 e. The second kappa shape index (κ2) is 8.80. The van der Waals surface area contributed by atoms with Gasteiger partial charge in [0.1, 0.15) is 5.76 Å². The van der Waals surface area contributed by atoms with Crippen molar-refractivity contribution in [1.82, 2.24) is 15.3 Å². The number of amides is 1. The quantitative estimate of drug-likeness (QED) is 0.786. The van der Waals surface area contributed by atoms with E-state index < -0.39 is 0 Å². The number of hydrogen-bond acceptors (Lipinski definition) is 6. The number of aryl methyl sites for hydroxylation is 1. The van der Waals surface area contributed by atoms with Crippen LogP contribution in [0.15, 0.2) is 29.0 Å². The molecule has 26 heavy (non-hydrogen) atoms. The maximum Gasteiger partial charge on any atom is 0.254 e. The molecule has 2 aromatic heterocycles. The van der Waals surface area contributed by atoms with Crippen molar-refractivity contribution in [2.45, 2.75) is 32.6 Å². The van der Waals surface area contributed by atoms with Gasteiger partial charge < -0.3 is 19.7 Å². The summed E-state index contributed by atoms with van der Waals surface area (Å²) in [5.41, 5.74) is 1.14. The van der Waals surface area contributed by atoms with Gasteiger partial charge in [0.25, 0.3) is 5.91 Å². The van der Waals surface area contributed by atoms with Gasteiger partial charge in [-0.15, -0.1) is 0 Å². The predicted octanol–water partition coefficient (Wildman–Crippen LogP) is 1.95. The van der Waals surface area contributed by atoms with E-state index in [9.17, 15) is 9.90 Å². The van der Waals surface area contributed by atoms with E-state index in [0.29, 0.717) is 30.2 Å². The van der Waals surface area contributed by atoms with Gasteiger partial charge in [-0.3, -0.25) is 4.79 Å². The summed E-state index contributed by atoms with van der Waals surface area (Å²) in [5.74, 6) is 1.18. The fraction of sp³-hybridized carbons (Fsp3) is 0.526. The molecule has 1 fully saturated rings. The van der Waals surface area contributed by atoms with Gasteiger partial charge in [-0.1, -0.05) is 0 Å². The molecule has 3 heterocycles. The molecule has 7 heteroatoms. The standard InChI is InChI=1S/C19H26N4O3/c1-14-17(12-21-19(22-14)23-7-3-2-4-8-23)18(25)20-11-15(13-24)10-16-6-5-9-26-16/h5-6,9,12,15,24H,2-4,7-8,10-11,13H2,1H3,(H,20,25)/t15-/m1/s1. The molecule has 1 amide bonds. The van der Waals surface area contributed by atoms with E-state index in [-0.39, 0.29) is 18.4 Å². The van der Waals surface area contributed by atoms with Crippen molar-refractivity contribution in [3.8, 4) is 0 Å². The Bertz CT molecular complexity index is 712. The van der Waals surface area contributed by atoms with Crippen molar-refractivity contribution in [3.05, 3.63) is 41.6 Å². The summed E-state index contributed by atoms with van der Waals surface area (Å²) in [6, 6.07) is 3.68. The third-order valence-corrected chi connectivity index (χ3v) is 4.73. The summed E-state index contributed by atoms with van der Waals surface area (Å²) in [7, 11) is 0. The van der Waals surface area contributed by atoms with Crippen LogP contribution < -0.4 is 10.2 Å². The van der Waals surface area contributed by atoms with Crippen molar-refractivity contribution >= 4 is 11.9 Å². The minimum Gasteiger partial charge on any atom is -0.469 e. The number of nitrogens with zero attached hydrogens (tertiary/aromatic N) is 3. The maximum atomic E-state index is 12.5. The van der Waals surface area contributed by atoms with Crippen LogP contribution in [0.3, 0.4) is 0 Å². The zero-order valence-corrected chi connectivity index (χ0v) is 15.1. The van der Waals surface area contributed by atoms with Crippen molar-refractivity contribution in [3.63, 3.8) is 0 Å². The molecule has 1 atom stereocenters. The van der Waals surface area contributed by atoms with Crippen LogP contribution in [0.2, 0.25) is 0 Å². The van der Waals surface area contributed by atoms with Crippen LogP contribution in [0.4, 0.5) is 5.95 Å². The summed E-state index contributed by atoms with van der Waals surface area (Å²) in [6.07, 6.45) is 7.34. The lowest BCUT2D eigenvalue weighted by Crippen LogP contribution is -2.33. The Balaban J connectivity index is 1.58. The van der Waals surface area contributed by atoms with Gasteiger partial charge in [0, 0.05) is 44.8 Å². The Morgan fingerprint density at radius 3 is 2.85 bits per heavy atom. The highest BCUT2D eigenvalue weighted by Gasteiger charge is 2.18. The molecule has 0 aromatic carbocycles. The average molecular weight is 358 g/mol. The van der Waals surface area contributed by atoms with E-state index in [2.05, 4.69) is 20.2 Å². The third kappa shape index (κ3) is 4.60. The molecule has 0 unspecified atom stereocenters. The van der Waals surface area contributed by atoms with E-state index >= 15 is 0 Å². The monoisotopic (exact) mass is 358 g/mol. The fourth-order valence-corrected chi connectivity index (χ4v) is 3.17. The molecule has 140 valence electrons. The van der Waals surface area contributed by atoms with Gasteiger partial charge >= 0.3 is 0 Å². The minimum absolute atomic E-state index is 0.0235. The Morgan fingerprint density at radius 2 is 2.19 bits per heavy atom. The summed E-state index contributed by atoms with van der Waals surface area (Å²) in [4.78, 5) is 23.5. The molecule has 3 rings (SSSR count). The zero-order valence-electron chi connectivity index (χ0n) is 15.1. The number of carbonyl (C=O) groups is 1. The Kier molecular flexibility index (Phi) is 6.22. The molecule has 0 spiro atoms. The first-order valence-electron chi connectivity index (χ1n) is 9.17. The van der Waals surface area contributed by atoms with Crippen LogP contribution in [0.25, 0.3) is 0 Å². The number of anilines is 1. The third-order valence-electron chi connectivity index (χ3n) is 4.73. The van der Waals surface area contributed by atoms with Gasteiger partial charge in [0.15, 0.2) is 0 Å². The first-order valence-corrected chi connectivity index (χ1v) is 9.17. The fourth-order valence-electron chi connectivity index (χ4n) is 3.17. The van der Waals surface area contributed by atoms with Crippen molar-refractivity contribution in [2.75, 3.05) is 31.1 Å². The number of piperidine rings is 1. The number of furan rings is 1. The van der Waals surface area contributed by atoms with Crippen molar-refractivity contribution < 1.29 is 14.3 Å². The highest BCUT2D eigenvalue weighted by atomic mass is 16.3. The molecule has 1 saturated heterocycles. The lowest BCUT2D eigenvalue weighted by Gasteiger charge is -2.26. The van der Waals surface area contributed by atoms with Crippen molar-refractivity contribution in [1.29, 1.82) is 0 Å². The first kappa shape index (κ1) is 18.4. The molecule has 1 aliphatic heterocycles. The van der Waals surface area contributed by atoms with E-state index in [4.69, 9.17) is 4.42 Å². The van der Waals surface area contributed by atoms with Crippen LogP contribution in [0.5, 0.6) is 0 Å². The molecule has 0 aliphatic carbocycles. The number of aliphatic hydroxyl groups excluding tert-OH is 1. The van der Waals surface area contributed by atoms with Crippen LogP contribution >= 0.6 is 0 Å². The van der Waals surface area contributed by atoms with E-state index in [0.717, 1.165) is 31.7 Å². The second-order valence-corrected chi connectivity index (χ2v) is 6.76. The van der Waals surface area contributed by atoms with Gasteiger partial charge in [0.05, 0.1) is 17.5 Å². The molecular formula is C19H26N4O3. The topological polar surface area (TPSA) is 91.5 Å². The van der Waals surface area contributed by atoms with Crippen LogP contribution in [-0.2, 0) is 6.42 Å². The summed E-state index contributed by atoms with van der Waals surface area (Å²) >= 11 is 0. The zero-order chi connectivity index (χ0) is 18.4. The van der Waals surface area contributed by atoms with Crippen LogP contribution in [-0.4, -0.2) is 47.2 Å². The van der Waals surface area contributed by atoms with Crippen LogP contribution in [0.1, 0.15) is 41.1 Å². The van der Waals surface area contributed by atoms with E-state index in [1.807, 2.05) is 19.1 Å². The molecule has 2 aromatic rings. The second-order valence-electron chi connectivity index (χ2n) is 6.76. The van der Waals surface area contributed by atoms with Crippen LogP contribution in [0, 0.1) is 12.8 Å². The van der Waals surface area contributed by atoms with Gasteiger partial charge in [0.2, 0.25) is 5.95 Å². The molecule has 0 bridgehead atoms. The number of hydrogen-bond donors (Lipinski definition) is 2. The Morgan fingerprint density at radius 1 is 1.38 bits per heavy atom. The number of nitrogens with one attached hydrogen (secondary N) is 1. The van der Waals surface area contributed by atoms with Gasteiger partial charge in [-0.2, -0.15) is 0 Å². The number of rotatable bonds is 7. The highest BCUT2D eigenvalue weighted by molar-refractivity contribution is 5.95. The summed E-state index contributed by atoms with van der Waals surface area (Å²) < 4.78 is 5.30. The smallest absolute Gasteiger partial charge is 0.254 e. The lowest BCUT2D eigenvalue weighted by atomic mass is 10.0. The predicted molar refractivity (Wildman–Crippen MR) is 98.2 cm³/mol. The van der Waals surface area contributed by atoms with Gasteiger partial charge in [-0.05, 0) is 38.3 Å². The Labute approximate surface area is 153 Å². The minimum atomic E-state index is -0.217. The maximum absolute atomic E-state index is 12.5.